The molecule has 0 spiro atoms. The summed E-state index contributed by atoms with van der Waals surface area (Å²) in [4.78, 5) is 0. The van der Waals surface area contributed by atoms with Gasteiger partial charge in [-0.05, 0) is 32.6 Å². The molecule has 57 valence electrons. The quantitative estimate of drug-likeness (QED) is 0.555. The molecule has 2 heteroatoms. The third kappa shape index (κ3) is 1.61. The Morgan fingerprint density at radius 1 is 1.30 bits per heavy atom. The fraction of sp³-hybridized carbons (Fsp3) is 1.00. The fourth-order valence-electron chi connectivity index (χ4n) is 1.70. The Labute approximate surface area is 66.7 Å². The van der Waals surface area contributed by atoms with E-state index in [1.807, 2.05) is 0 Å². The lowest BCUT2D eigenvalue weighted by molar-refractivity contribution is 0.0562. The fourth-order valence-corrected chi connectivity index (χ4v) is 1.87. The van der Waals surface area contributed by atoms with Gasteiger partial charge in [-0.2, -0.15) is 0 Å². The van der Waals surface area contributed by atoms with E-state index < -0.39 is 0 Å². The topological polar surface area (TPSA) is 9.23 Å². The molecular weight excluding hydrogens is 140 g/mol. The molecule has 0 saturated heterocycles. The van der Waals surface area contributed by atoms with Crippen LogP contribution in [0.4, 0.5) is 0 Å². The van der Waals surface area contributed by atoms with E-state index in [0.29, 0.717) is 0 Å². The van der Waals surface area contributed by atoms with E-state index in [4.69, 9.17) is 4.43 Å². The van der Waals surface area contributed by atoms with Crippen LogP contribution < -0.4 is 0 Å². The average Bonchev–Trinajstić information content (AvgIpc) is 2.38. The Morgan fingerprint density at radius 3 is 2.20 bits per heavy atom. The first kappa shape index (κ1) is 8.28. The Hall–Kier alpha value is 0.177. The van der Waals surface area contributed by atoms with Crippen LogP contribution in [-0.2, 0) is 4.43 Å². The number of hydrogen-bond donors (Lipinski definition) is 0. The maximum Gasteiger partial charge on any atom is 0.246 e. The van der Waals surface area contributed by atoms with Crippen molar-refractivity contribution in [3.05, 3.63) is 0 Å². The second-order valence-electron chi connectivity index (χ2n) is 3.69. The Kier molecular flexibility index (Phi) is 2.53. The maximum absolute atomic E-state index is 5.23. The van der Waals surface area contributed by atoms with Crippen LogP contribution in [0.15, 0.2) is 0 Å². The first-order chi connectivity index (χ1) is 4.67. The standard InChI is InChI=1S/C8H15OSi/c1-8(2,9-10)7-5-3-4-6-7/h7H,3-6H2,1-2H3. The van der Waals surface area contributed by atoms with E-state index in [1.54, 1.807) is 0 Å². The van der Waals surface area contributed by atoms with E-state index in [2.05, 4.69) is 24.3 Å². The van der Waals surface area contributed by atoms with Gasteiger partial charge in [-0.15, -0.1) is 0 Å². The third-order valence-corrected chi connectivity index (χ3v) is 3.13. The molecule has 3 radical (unpaired) electrons. The van der Waals surface area contributed by atoms with Gasteiger partial charge in [0.15, 0.2) is 0 Å². The van der Waals surface area contributed by atoms with Crippen LogP contribution in [0.3, 0.4) is 0 Å². The molecule has 1 nitrogen and oxygen atoms in total. The predicted octanol–water partition coefficient (Wildman–Crippen LogP) is 2.06. The highest BCUT2D eigenvalue weighted by atomic mass is 28.2. The largest absolute Gasteiger partial charge is 0.413 e. The second kappa shape index (κ2) is 3.05. The predicted molar refractivity (Wildman–Crippen MR) is 42.9 cm³/mol. The van der Waals surface area contributed by atoms with Gasteiger partial charge in [0.2, 0.25) is 10.5 Å². The summed E-state index contributed by atoms with van der Waals surface area (Å²) in [5, 5.41) is 0. The first-order valence-electron chi connectivity index (χ1n) is 4.01. The summed E-state index contributed by atoms with van der Waals surface area (Å²) in [5.41, 5.74) is 0.0351. The van der Waals surface area contributed by atoms with Crippen LogP contribution in [0.5, 0.6) is 0 Å². The van der Waals surface area contributed by atoms with Crippen LogP contribution in [0.2, 0.25) is 0 Å². The molecule has 0 bridgehead atoms. The summed E-state index contributed by atoms with van der Waals surface area (Å²) in [5.74, 6) is 0.755. The maximum atomic E-state index is 5.23. The minimum atomic E-state index is 0.0351. The van der Waals surface area contributed by atoms with Crippen molar-refractivity contribution in [1.29, 1.82) is 0 Å². The van der Waals surface area contributed by atoms with Crippen LogP contribution in [0, 0.1) is 5.92 Å². The number of rotatable bonds is 2. The molecule has 0 amide bonds. The zero-order chi connectivity index (χ0) is 7.61. The normalized spacial score (nSPS) is 21.9. The van der Waals surface area contributed by atoms with Crippen molar-refractivity contribution in [2.75, 3.05) is 0 Å². The van der Waals surface area contributed by atoms with E-state index >= 15 is 0 Å². The molecule has 1 rings (SSSR count). The molecule has 10 heavy (non-hydrogen) atoms. The SMILES string of the molecule is CC(C)(O[Si])C1CCCC1. The Bertz CT molecular complexity index is 106. The smallest absolute Gasteiger partial charge is 0.246 e. The van der Waals surface area contributed by atoms with Crippen molar-refractivity contribution >= 4 is 10.5 Å². The average molecular weight is 155 g/mol. The van der Waals surface area contributed by atoms with Crippen molar-refractivity contribution in [2.45, 2.75) is 45.1 Å². The van der Waals surface area contributed by atoms with Crippen molar-refractivity contribution in [3.63, 3.8) is 0 Å². The summed E-state index contributed by atoms with van der Waals surface area (Å²) in [6.45, 7) is 4.30. The van der Waals surface area contributed by atoms with Crippen molar-refractivity contribution < 1.29 is 4.43 Å². The van der Waals surface area contributed by atoms with Gasteiger partial charge in [0.25, 0.3) is 0 Å². The molecule has 1 aliphatic rings. The second-order valence-corrected chi connectivity index (χ2v) is 3.89. The van der Waals surface area contributed by atoms with E-state index in [0.717, 1.165) is 5.92 Å². The monoisotopic (exact) mass is 155 g/mol. The minimum Gasteiger partial charge on any atom is -0.413 e. The molecule has 0 N–H and O–H groups in total. The Balaban J connectivity index is 2.45. The lowest BCUT2D eigenvalue weighted by atomic mass is 9.90. The third-order valence-electron chi connectivity index (χ3n) is 2.60. The van der Waals surface area contributed by atoms with Gasteiger partial charge < -0.3 is 4.43 Å². The highest BCUT2D eigenvalue weighted by Crippen LogP contribution is 2.35. The summed E-state index contributed by atoms with van der Waals surface area (Å²) in [7, 11) is 3.13. The molecule has 0 aromatic carbocycles. The molecule has 0 heterocycles. The molecule has 1 aliphatic carbocycles. The van der Waals surface area contributed by atoms with Gasteiger partial charge in [-0.3, -0.25) is 0 Å². The minimum absolute atomic E-state index is 0.0351. The van der Waals surface area contributed by atoms with Crippen LogP contribution >= 0.6 is 0 Å². The molecule has 1 fully saturated rings. The molecular formula is C8H15OSi. The highest BCUT2D eigenvalue weighted by molar-refractivity contribution is 5.98. The number of hydrogen-bond acceptors (Lipinski definition) is 1. The molecule has 0 aromatic heterocycles. The molecule has 0 atom stereocenters. The lowest BCUT2D eigenvalue weighted by Crippen LogP contribution is -2.31. The van der Waals surface area contributed by atoms with Crippen LogP contribution in [-0.4, -0.2) is 16.1 Å². The summed E-state index contributed by atoms with van der Waals surface area (Å²) >= 11 is 0. The van der Waals surface area contributed by atoms with Gasteiger partial charge in [0.05, 0.1) is 5.60 Å². The van der Waals surface area contributed by atoms with Crippen LogP contribution in [0.25, 0.3) is 0 Å². The van der Waals surface area contributed by atoms with E-state index in [1.165, 1.54) is 25.7 Å². The highest BCUT2D eigenvalue weighted by Gasteiger charge is 2.30. The van der Waals surface area contributed by atoms with Crippen molar-refractivity contribution in [2.24, 2.45) is 5.92 Å². The summed E-state index contributed by atoms with van der Waals surface area (Å²) in [6.07, 6.45) is 5.42. The van der Waals surface area contributed by atoms with Gasteiger partial charge in [0.1, 0.15) is 0 Å². The molecule has 1 saturated carbocycles. The van der Waals surface area contributed by atoms with Gasteiger partial charge in [-0.25, -0.2) is 0 Å². The van der Waals surface area contributed by atoms with E-state index in [9.17, 15) is 0 Å². The van der Waals surface area contributed by atoms with Crippen molar-refractivity contribution in [1.82, 2.24) is 0 Å². The molecule has 0 unspecified atom stereocenters. The van der Waals surface area contributed by atoms with Gasteiger partial charge in [-0.1, -0.05) is 12.8 Å². The van der Waals surface area contributed by atoms with Crippen LogP contribution in [0.1, 0.15) is 39.5 Å². The first-order valence-corrected chi connectivity index (χ1v) is 4.42. The van der Waals surface area contributed by atoms with E-state index in [-0.39, 0.29) is 5.60 Å². The van der Waals surface area contributed by atoms with Crippen molar-refractivity contribution in [3.8, 4) is 0 Å². The Morgan fingerprint density at radius 2 is 1.80 bits per heavy atom. The molecule has 0 aliphatic heterocycles. The lowest BCUT2D eigenvalue weighted by Gasteiger charge is -2.30. The summed E-state index contributed by atoms with van der Waals surface area (Å²) < 4.78 is 5.23. The van der Waals surface area contributed by atoms with Gasteiger partial charge >= 0.3 is 0 Å². The molecule has 0 aromatic rings. The zero-order valence-corrected chi connectivity index (χ0v) is 7.81. The van der Waals surface area contributed by atoms with Gasteiger partial charge in [0, 0.05) is 0 Å². The summed E-state index contributed by atoms with van der Waals surface area (Å²) in [6, 6.07) is 0. The zero-order valence-electron chi connectivity index (χ0n) is 6.81.